The maximum Gasteiger partial charge on any atom is 0.319 e. The minimum atomic E-state index is -0.268. The number of methoxy groups -OCH3 is 2. The van der Waals surface area contributed by atoms with Gasteiger partial charge in [-0.2, -0.15) is 0 Å². The number of hydrogen-bond acceptors (Lipinski definition) is 4. The number of benzene rings is 1. The van der Waals surface area contributed by atoms with Gasteiger partial charge in [-0.25, -0.2) is 4.79 Å². The third kappa shape index (κ3) is 6.46. The highest BCUT2D eigenvalue weighted by Gasteiger charge is 2.14. The Kier molecular flexibility index (Phi) is 7.56. The van der Waals surface area contributed by atoms with Crippen LogP contribution in [0.15, 0.2) is 24.3 Å². The highest BCUT2D eigenvalue weighted by molar-refractivity contribution is 5.91. The van der Waals surface area contributed by atoms with Gasteiger partial charge in [0.1, 0.15) is 11.9 Å². The number of rotatable bonds is 8. The van der Waals surface area contributed by atoms with Crippen LogP contribution >= 0.6 is 0 Å². The average Bonchev–Trinajstić information content (AvgIpc) is 2.40. The van der Waals surface area contributed by atoms with Gasteiger partial charge in [-0.15, -0.1) is 0 Å². The molecule has 0 spiro atoms. The van der Waals surface area contributed by atoms with Gasteiger partial charge in [0.25, 0.3) is 0 Å². The first-order chi connectivity index (χ1) is 10.1. The first-order valence-corrected chi connectivity index (χ1v) is 6.88. The van der Waals surface area contributed by atoms with Crippen LogP contribution in [0.4, 0.5) is 10.5 Å². The number of carbonyl (C=O) groups excluding carboxylic acids is 1. The van der Waals surface area contributed by atoms with E-state index in [-0.39, 0.29) is 18.2 Å². The molecular weight excluding hydrogens is 272 g/mol. The molecular formula is C15H24N2O4. The Balaban J connectivity index is 2.75. The van der Waals surface area contributed by atoms with E-state index in [2.05, 4.69) is 10.6 Å². The summed E-state index contributed by atoms with van der Waals surface area (Å²) in [5, 5.41) is 5.54. The molecule has 0 aliphatic heterocycles. The summed E-state index contributed by atoms with van der Waals surface area (Å²) < 4.78 is 16.0. The van der Waals surface area contributed by atoms with E-state index in [4.69, 9.17) is 14.2 Å². The fourth-order valence-corrected chi connectivity index (χ4v) is 1.76. The highest BCUT2D eigenvalue weighted by Crippen LogP contribution is 2.25. The van der Waals surface area contributed by atoms with Gasteiger partial charge in [0, 0.05) is 20.3 Å². The molecule has 0 fully saturated rings. The summed E-state index contributed by atoms with van der Waals surface area (Å²) in [6, 6.07) is 7.05. The molecule has 0 unspecified atom stereocenters. The molecule has 1 aromatic rings. The Bertz CT molecular complexity index is 431. The molecule has 0 aromatic heterocycles. The molecule has 0 aliphatic rings. The molecule has 2 amide bonds. The highest BCUT2D eigenvalue weighted by atomic mass is 16.6. The van der Waals surface area contributed by atoms with Crippen LogP contribution in [0.5, 0.6) is 5.75 Å². The van der Waals surface area contributed by atoms with E-state index in [0.717, 1.165) is 0 Å². The van der Waals surface area contributed by atoms with Crippen molar-refractivity contribution < 1.29 is 19.0 Å². The number of anilines is 1. The molecule has 0 saturated carbocycles. The monoisotopic (exact) mass is 296 g/mol. The van der Waals surface area contributed by atoms with Crippen LogP contribution < -0.4 is 15.4 Å². The molecule has 2 N–H and O–H groups in total. The fraction of sp³-hybridized carbons (Fsp3) is 0.533. The van der Waals surface area contributed by atoms with Gasteiger partial charge in [-0.1, -0.05) is 12.1 Å². The molecule has 0 radical (unpaired) electrons. The number of urea groups is 1. The van der Waals surface area contributed by atoms with E-state index in [1.807, 2.05) is 26.0 Å². The Morgan fingerprint density at radius 2 is 1.76 bits per heavy atom. The van der Waals surface area contributed by atoms with E-state index in [1.54, 1.807) is 26.4 Å². The summed E-state index contributed by atoms with van der Waals surface area (Å²) in [4.78, 5) is 11.8. The van der Waals surface area contributed by atoms with Gasteiger partial charge in [0.15, 0.2) is 0 Å². The van der Waals surface area contributed by atoms with Gasteiger partial charge in [0.05, 0.1) is 18.9 Å². The van der Waals surface area contributed by atoms with Gasteiger partial charge >= 0.3 is 6.03 Å². The van der Waals surface area contributed by atoms with Crippen molar-refractivity contribution in [2.75, 3.05) is 32.8 Å². The van der Waals surface area contributed by atoms with Crippen LogP contribution in [0.25, 0.3) is 0 Å². The number of ether oxygens (including phenoxy) is 3. The van der Waals surface area contributed by atoms with E-state index in [1.165, 1.54) is 0 Å². The second kappa shape index (κ2) is 9.20. The summed E-state index contributed by atoms with van der Waals surface area (Å²) in [7, 11) is 3.21. The summed E-state index contributed by atoms with van der Waals surface area (Å²) in [5.41, 5.74) is 0.604. The van der Waals surface area contributed by atoms with E-state index in [9.17, 15) is 4.79 Å². The number of carbonyl (C=O) groups is 1. The number of amides is 2. The van der Waals surface area contributed by atoms with Crippen molar-refractivity contribution in [3.63, 3.8) is 0 Å². The van der Waals surface area contributed by atoms with Crippen LogP contribution in [0.1, 0.15) is 13.8 Å². The molecule has 0 aliphatic carbocycles. The van der Waals surface area contributed by atoms with Gasteiger partial charge < -0.3 is 24.8 Å². The average molecular weight is 296 g/mol. The topological polar surface area (TPSA) is 68.8 Å². The van der Waals surface area contributed by atoms with Gasteiger partial charge in [-0.3, -0.25) is 0 Å². The van der Waals surface area contributed by atoms with Crippen molar-refractivity contribution in [3.8, 4) is 5.75 Å². The molecule has 0 atom stereocenters. The predicted molar refractivity (Wildman–Crippen MR) is 81.9 cm³/mol. The molecule has 6 nitrogen and oxygen atoms in total. The SMILES string of the molecule is COCC(COC)Oc1ccccc1NC(=O)NC(C)C. The Labute approximate surface area is 125 Å². The predicted octanol–water partition coefficient (Wildman–Crippen LogP) is 2.26. The van der Waals surface area contributed by atoms with Crippen molar-refractivity contribution in [3.05, 3.63) is 24.3 Å². The summed E-state index contributed by atoms with van der Waals surface area (Å²) in [6.07, 6.45) is -0.240. The zero-order valence-corrected chi connectivity index (χ0v) is 13.0. The standard InChI is InChI=1S/C15H24N2O4/c1-11(2)16-15(18)17-13-7-5-6-8-14(13)21-12(9-19-3)10-20-4/h5-8,11-12H,9-10H2,1-4H3,(H2,16,17,18). The van der Waals surface area contributed by atoms with Crippen LogP contribution in [0, 0.1) is 0 Å². The van der Waals surface area contributed by atoms with Gasteiger partial charge in [-0.05, 0) is 26.0 Å². The van der Waals surface area contributed by atoms with E-state index < -0.39 is 0 Å². The van der Waals surface area contributed by atoms with E-state index in [0.29, 0.717) is 24.7 Å². The number of hydrogen-bond donors (Lipinski definition) is 2. The van der Waals surface area contributed by atoms with Crippen molar-refractivity contribution in [1.82, 2.24) is 5.32 Å². The van der Waals surface area contributed by atoms with Crippen molar-refractivity contribution in [1.29, 1.82) is 0 Å². The third-order valence-electron chi connectivity index (χ3n) is 2.55. The molecule has 1 aromatic carbocycles. The Hall–Kier alpha value is -1.79. The minimum absolute atomic E-state index is 0.0628. The first-order valence-electron chi connectivity index (χ1n) is 6.88. The smallest absolute Gasteiger partial charge is 0.319 e. The van der Waals surface area contributed by atoms with Gasteiger partial charge in [0.2, 0.25) is 0 Å². The second-order valence-corrected chi connectivity index (χ2v) is 4.90. The third-order valence-corrected chi connectivity index (χ3v) is 2.55. The lowest BCUT2D eigenvalue weighted by Crippen LogP contribution is -2.34. The Morgan fingerprint density at radius 3 is 2.33 bits per heavy atom. The van der Waals surface area contributed by atoms with Crippen molar-refractivity contribution in [2.45, 2.75) is 26.0 Å². The molecule has 0 heterocycles. The normalized spacial score (nSPS) is 10.8. The summed E-state index contributed by atoms with van der Waals surface area (Å²) >= 11 is 0. The minimum Gasteiger partial charge on any atom is -0.483 e. The van der Waals surface area contributed by atoms with Crippen LogP contribution in [0.3, 0.4) is 0 Å². The van der Waals surface area contributed by atoms with Crippen LogP contribution in [0.2, 0.25) is 0 Å². The van der Waals surface area contributed by atoms with Crippen LogP contribution in [-0.2, 0) is 9.47 Å². The quantitative estimate of drug-likeness (QED) is 0.772. The second-order valence-electron chi connectivity index (χ2n) is 4.90. The van der Waals surface area contributed by atoms with Crippen molar-refractivity contribution in [2.24, 2.45) is 0 Å². The zero-order valence-electron chi connectivity index (χ0n) is 13.0. The lowest BCUT2D eigenvalue weighted by Gasteiger charge is -2.20. The fourth-order valence-electron chi connectivity index (χ4n) is 1.76. The largest absolute Gasteiger partial charge is 0.483 e. The van der Waals surface area contributed by atoms with E-state index >= 15 is 0 Å². The molecule has 1 rings (SSSR count). The summed E-state index contributed by atoms with van der Waals surface area (Å²) in [6.45, 7) is 4.60. The number of para-hydroxylation sites is 2. The zero-order chi connectivity index (χ0) is 15.7. The lowest BCUT2D eigenvalue weighted by molar-refractivity contribution is 0.0249. The van der Waals surface area contributed by atoms with Crippen molar-refractivity contribution >= 4 is 11.7 Å². The lowest BCUT2D eigenvalue weighted by atomic mass is 10.3. The summed E-state index contributed by atoms with van der Waals surface area (Å²) in [5.74, 6) is 0.579. The maximum absolute atomic E-state index is 11.8. The van der Waals surface area contributed by atoms with Crippen LogP contribution in [-0.4, -0.2) is 45.6 Å². The molecule has 0 saturated heterocycles. The first kappa shape index (κ1) is 17.3. The molecule has 21 heavy (non-hydrogen) atoms. The number of nitrogens with one attached hydrogen (secondary N) is 2. The Morgan fingerprint density at radius 1 is 1.14 bits per heavy atom. The maximum atomic E-state index is 11.8. The molecule has 6 heteroatoms. The molecule has 0 bridgehead atoms. The molecule has 118 valence electrons.